The van der Waals surface area contributed by atoms with Crippen molar-refractivity contribution in [2.75, 3.05) is 39.5 Å². The molecular formula is C17H33N3OS. The topological polar surface area (TPSA) is 35.6 Å². The van der Waals surface area contributed by atoms with Crippen LogP contribution >= 0.6 is 11.8 Å². The van der Waals surface area contributed by atoms with Crippen LogP contribution in [-0.4, -0.2) is 66.6 Å². The molecule has 0 aromatic carbocycles. The number of amides is 2. The van der Waals surface area contributed by atoms with Crippen LogP contribution in [0.1, 0.15) is 45.4 Å². The van der Waals surface area contributed by atoms with Gasteiger partial charge in [-0.15, -0.1) is 0 Å². The lowest BCUT2D eigenvalue weighted by molar-refractivity contribution is 0.170. The van der Waals surface area contributed by atoms with E-state index in [1.54, 1.807) is 0 Å². The van der Waals surface area contributed by atoms with Gasteiger partial charge in [0.25, 0.3) is 0 Å². The number of carbonyl (C=O) groups is 1. The van der Waals surface area contributed by atoms with Crippen LogP contribution in [0.25, 0.3) is 0 Å². The summed E-state index contributed by atoms with van der Waals surface area (Å²) in [5, 5.41) is 3.91. The second-order valence-corrected chi connectivity index (χ2v) is 8.04. The molecule has 1 heterocycles. The predicted molar refractivity (Wildman–Crippen MR) is 95.6 cm³/mol. The monoisotopic (exact) mass is 327 g/mol. The minimum atomic E-state index is 0.128. The Morgan fingerprint density at radius 2 is 2.00 bits per heavy atom. The third kappa shape index (κ3) is 5.05. The van der Waals surface area contributed by atoms with E-state index in [1.807, 2.05) is 23.7 Å². The molecule has 2 atom stereocenters. The number of nitrogens with one attached hydrogen (secondary N) is 1. The maximum atomic E-state index is 12.3. The summed E-state index contributed by atoms with van der Waals surface area (Å²) >= 11 is 1.94. The molecule has 22 heavy (non-hydrogen) atoms. The van der Waals surface area contributed by atoms with E-state index in [-0.39, 0.29) is 6.03 Å². The van der Waals surface area contributed by atoms with Crippen molar-refractivity contribution in [3.05, 3.63) is 0 Å². The molecule has 1 aliphatic heterocycles. The minimum Gasteiger partial charge on any atom is -0.338 e. The lowest BCUT2D eigenvalue weighted by Gasteiger charge is -2.32. The second-order valence-electron chi connectivity index (χ2n) is 6.91. The number of thioether (sulfide) groups is 1. The van der Waals surface area contributed by atoms with Gasteiger partial charge < -0.3 is 15.1 Å². The molecule has 0 bridgehead atoms. The molecule has 0 unspecified atom stereocenters. The van der Waals surface area contributed by atoms with Crippen LogP contribution in [0.5, 0.6) is 0 Å². The summed E-state index contributed by atoms with van der Waals surface area (Å²) in [5.74, 6) is 0.660. The van der Waals surface area contributed by atoms with Crippen molar-refractivity contribution in [3.8, 4) is 0 Å². The SMILES string of the molecule is CCCN1CCC(CNC(=O)N(C)[C@H]2CC[C@H](SC)C2)CC1. The standard InChI is InChI=1S/C17H33N3OS/c1-4-9-20-10-7-14(8-11-20)13-18-17(21)19(2)15-5-6-16(12-15)22-3/h14-16H,4-13H2,1-3H3,(H,18,21)/t15-,16-/m0/s1. The Kier molecular flexibility index (Phi) is 7.35. The average Bonchev–Trinajstić information content (AvgIpc) is 3.02. The average molecular weight is 328 g/mol. The van der Waals surface area contributed by atoms with Crippen LogP contribution in [0.15, 0.2) is 0 Å². The van der Waals surface area contributed by atoms with Gasteiger partial charge in [0.1, 0.15) is 0 Å². The van der Waals surface area contributed by atoms with Crippen molar-refractivity contribution >= 4 is 17.8 Å². The predicted octanol–water partition coefficient (Wildman–Crippen LogP) is 3.03. The fourth-order valence-electron chi connectivity index (χ4n) is 3.74. The molecule has 1 saturated heterocycles. The molecule has 1 saturated carbocycles. The van der Waals surface area contributed by atoms with Gasteiger partial charge in [-0.25, -0.2) is 4.79 Å². The largest absolute Gasteiger partial charge is 0.338 e. The highest BCUT2D eigenvalue weighted by molar-refractivity contribution is 7.99. The highest BCUT2D eigenvalue weighted by Gasteiger charge is 2.29. The van der Waals surface area contributed by atoms with E-state index in [0.29, 0.717) is 12.0 Å². The van der Waals surface area contributed by atoms with Crippen molar-refractivity contribution in [1.82, 2.24) is 15.1 Å². The van der Waals surface area contributed by atoms with Gasteiger partial charge >= 0.3 is 6.03 Å². The summed E-state index contributed by atoms with van der Waals surface area (Å²) in [6, 6.07) is 0.562. The van der Waals surface area contributed by atoms with Gasteiger partial charge in [0.2, 0.25) is 0 Å². The van der Waals surface area contributed by atoms with Crippen LogP contribution in [-0.2, 0) is 0 Å². The van der Waals surface area contributed by atoms with Gasteiger partial charge in [-0.3, -0.25) is 0 Å². The molecule has 5 heteroatoms. The van der Waals surface area contributed by atoms with Crippen LogP contribution in [0.3, 0.4) is 0 Å². The smallest absolute Gasteiger partial charge is 0.317 e. The number of likely N-dealkylation sites (tertiary alicyclic amines) is 1. The van der Waals surface area contributed by atoms with Gasteiger partial charge in [-0.2, -0.15) is 11.8 Å². The Hall–Kier alpha value is -0.420. The van der Waals surface area contributed by atoms with E-state index >= 15 is 0 Å². The quantitative estimate of drug-likeness (QED) is 0.814. The van der Waals surface area contributed by atoms with E-state index < -0.39 is 0 Å². The fourth-order valence-corrected chi connectivity index (χ4v) is 4.52. The summed E-state index contributed by atoms with van der Waals surface area (Å²) in [4.78, 5) is 16.8. The molecular weight excluding hydrogens is 294 g/mol. The van der Waals surface area contributed by atoms with Gasteiger partial charge in [0.15, 0.2) is 0 Å². The molecule has 0 aromatic heterocycles. The van der Waals surface area contributed by atoms with Gasteiger partial charge in [-0.1, -0.05) is 6.92 Å². The number of nitrogens with zero attached hydrogens (tertiary/aromatic N) is 2. The van der Waals surface area contributed by atoms with Gasteiger partial charge in [-0.05, 0) is 70.3 Å². The molecule has 2 aliphatic rings. The number of rotatable bonds is 6. The Morgan fingerprint density at radius 3 is 2.59 bits per heavy atom. The van der Waals surface area contributed by atoms with E-state index in [0.717, 1.165) is 24.6 Å². The molecule has 2 fully saturated rings. The van der Waals surface area contributed by atoms with Gasteiger partial charge in [0.05, 0.1) is 0 Å². The summed E-state index contributed by atoms with van der Waals surface area (Å²) in [7, 11) is 1.96. The first-order valence-corrected chi connectivity index (χ1v) is 10.2. The van der Waals surface area contributed by atoms with Crippen LogP contribution in [0, 0.1) is 5.92 Å². The lowest BCUT2D eigenvalue weighted by Crippen LogP contribution is -2.45. The number of piperidine rings is 1. The van der Waals surface area contributed by atoms with Crippen molar-refractivity contribution in [2.24, 2.45) is 5.92 Å². The van der Waals surface area contributed by atoms with Crippen LogP contribution in [0.2, 0.25) is 0 Å². The van der Waals surface area contributed by atoms with E-state index in [2.05, 4.69) is 23.4 Å². The molecule has 1 N–H and O–H groups in total. The Bertz CT molecular complexity index is 345. The molecule has 2 rings (SSSR count). The second kappa shape index (κ2) is 9.02. The van der Waals surface area contributed by atoms with Crippen LogP contribution < -0.4 is 5.32 Å². The summed E-state index contributed by atoms with van der Waals surface area (Å²) < 4.78 is 0. The fraction of sp³-hybridized carbons (Fsp3) is 0.941. The molecule has 0 radical (unpaired) electrons. The zero-order chi connectivity index (χ0) is 15.9. The van der Waals surface area contributed by atoms with Gasteiger partial charge in [0, 0.05) is 24.9 Å². The van der Waals surface area contributed by atoms with E-state index in [4.69, 9.17) is 0 Å². The number of urea groups is 1. The first kappa shape index (κ1) is 17.9. The number of hydrogen-bond acceptors (Lipinski definition) is 3. The lowest BCUT2D eigenvalue weighted by atomic mass is 9.97. The zero-order valence-corrected chi connectivity index (χ0v) is 15.3. The molecule has 0 aromatic rings. The summed E-state index contributed by atoms with van der Waals surface area (Å²) in [6.07, 6.45) is 9.43. The highest BCUT2D eigenvalue weighted by atomic mass is 32.2. The first-order valence-electron chi connectivity index (χ1n) is 8.89. The maximum absolute atomic E-state index is 12.3. The zero-order valence-electron chi connectivity index (χ0n) is 14.5. The maximum Gasteiger partial charge on any atom is 0.317 e. The summed E-state index contributed by atoms with van der Waals surface area (Å²) in [6.45, 7) is 6.71. The third-order valence-electron chi connectivity index (χ3n) is 5.35. The number of carbonyl (C=O) groups excluding carboxylic acids is 1. The Labute approximate surface area is 140 Å². The molecule has 128 valence electrons. The van der Waals surface area contributed by atoms with E-state index in [1.165, 1.54) is 45.3 Å². The molecule has 0 spiro atoms. The van der Waals surface area contributed by atoms with E-state index in [9.17, 15) is 4.79 Å². The molecule has 4 nitrogen and oxygen atoms in total. The molecule has 2 amide bonds. The Balaban J connectivity index is 1.65. The van der Waals surface area contributed by atoms with Crippen molar-refractivity contribution < 1.29 is 4.79 Å². The first-order chi connectivity index (χ1) is 10.6. The highest BCUT2D eigenvalue weighted by Crippen LogP contribution is 2.30. The third-order valence-corrected chi connectivity index (χ3v) is 6.44. The summed E-state index contributed by atoms with van der Waals surface area (Å²) in [5.41, 5.74) is 0. The molecule has 1 aliphatic carbocycles. The normalized spacial score (nSPS) is 27.0. The van der Waals surface area contributed by atoms with Crippen molar-refractivity contribution in [2.45, 2.75) is 56.7 Å². The van der Waals surface area contributed by atoms with Crippen LogP contribution in [0.4, 0.5) is 4.79 Å². The van der Waals surface area contributed by atoms with Crippen molar-refractivity contribution in [3.63, 3.8) is 0 Å². The number of hydrogen-bond donors (Lipinski definition) is 1. The minimum absolute atomic E-state index is 0.128. The van der Waals surface area contributed by atoms with Crippen molar-refractivity contribution in [1.29, 1.82) is 0 Å². The Morgan fingerprint density at radius 1 is 1.27 bits per heavy atom.